The summed E-state index contributed by atoms with van der Waals surface area (Å²) in [6.07, 6.45) is -1.38. The van der Waals surface area contributed by atoms with E-state index in [1.54, 1.807) is 12.1 Å². The van der Waals surface area contributed by atoms with E-state index in [4.69, 9.17) is 0 Å². The zero-order chi connectivity index (χ0) is 20.6. The Morgan fingerprint density at radius 2 is 1.57 bits per heavy atom. The van der Waals surface area contributed by atoms with Crippen molar-refractivity contribution in [1.82, 2.24) is 4.90 Å². The van der Waals surface area contributed by atoms with Crippen molar-refractivity contribution in [3.8, 4) is 0 Å². The van der Waals surface area contributed by atoms with Crippen LogP contribution in [0.1, 0.15) is 52.0 Å². The minimum Gasteiger partial charge on any atom is -0.371 e. The van der Waals surface area contributed by atoms with Crippen LogP contribution in [-0.4, -0.2) is 43.2 Å². The molecule has 156 valence electrons. The van der Waals surface area contributed by atoms with Crippen LogP contribution in [0.5, 0.6) is 0 Å². The Morgan fingerprint density at radius 3 is 2.11 bits per heavy atom. The van der Waals surface area contributed by atoms with E-state index < -0.39 is 12.6 Å². The average Bonchev–Trinajstić information content (AvgIpc) is 2.97. The number of hydrogen-bond donors (Lipinski definition) is 0. The summed E-state index contributed by atoms with van der Waals surface area (Å²) in [5.41, 5.74) is 1.53. The van der Waals surface area contributed by atoms with Crippen molar-refractivity contribution >= 4 is 11.6 Å². The Bertz CT molecular complexity index is 683. The van der Waals surface area contributed by atoms with E-state index in [-0.39, 0.29) is 16.7 Å². The summed E-state index contributed by atoms with van der Waals surface area (Å²) < 4.78 is 37.6. The largest absolute Gasteiger partial charge is 0.393 e. The maximum atomic E-state index is 12.5. The number of alkyl halides is 3. The molecule has 2 aliphatic rings. The van der Waals surface area contributed by atoms with Gasteiger partial charge < -0.3 is 9.80 Å². The first kappa shape index (κ1) is 21.0. The Kier molecular flexibility index (Phi) is 5.70. The normalized spacial score (nSPS) is 20.1. The number of benzene rings is 1. The predicted molar refractivity (Wildman–Crippen MR) is 105 cm³/mol. The number of halogens is 3. The van der Waals surface area contributed by atoms with Gasteiger partial charge in [0.05, 0.1) is 6.42 Å². The third-order valence-electron chi connectivity index (χ3n) is 6.00. The number of anilines is 1. The molecule has 0 aromatic heterocycles. The monoisotopic (exact) mass is 396 g/mol. The molecule has 2 fully saturated rings. The Labute approximate surface area is 165 Å². The van der Waals surface area contributed by atoms with Crippen LogP contribution in [0.4, 0.5) is 18.9 Å². The van der Waals surface area contributed by atoms with E-state index in [9.17, 15) is 18.0 Å². The van der Waals surface area contributed by atoms with Gasteiger partial charge >= 0.3 is 6.18 Å². The molecule has 3 rings (SSSR count). The predicted octanol–water partition coefficient (Wildman–Crippen LogP) is 5.05. The first-order chi connectivity index (χ1) is 12.9. The van der Waals surface area contributed by atoms with Gasteiger partial charge in [-0.2, -0.15) is 13.2 Å². The van der Waals surface area contributed by atoms with Gasteiger partial charge in [0.25, 0.3) is 0 Å². The third kappa shape index (κ3) is 5.42. The van der Waals surface area contributed by atoms with Gasteiger partial charge in [0, 0.05) is 38.3 Å². The fraction of sp³-hybridized carbons (Fsp3) is 0.682. The highest BCUT2D eigenvalue weighted by Crippen LogP contribution is 2.42. The highest BCUT2D eigenvalue weighted by molar-refractivity contribution is 5.77. The van der Waals surface area contributed by atoms with Gasteiger partial charge in [0.15, 0.2) is 0 Å². The van der Waals surface area contributed by atoms with Gasteiger partial charge in [0.2, 0.25) is 5.91 Å². The summed E-state index contributed by atoms with van der Waals surface area (Å²) in [7, 11) is 0. The van der Waals surface area contributed by atoms with Crippen molar-refractivity contribution in [1.29, 1.82) is 0 Å². The molecule has 28 heavy (non-hydrogen) atoms. The van der Waals surface area contributed by atoms with Crippen LogP contribution in [0.3, 0.4) is 0 Å². The molecule has 0 N–H and O–H groups in total. The van der Waals surface area contributed by atoms with Crippen molar-refractivity contribution < 1.29 is 18.0 Å². The van der Waals surface area contributed by atoms with Crippen molar-refractivity contribution in [2.24, 2.45) is 10.8 Å². The summed E-state index contributed by atoms with van der Waals surface area (Å²) >= 11 is 0. The van der Waals surface area contributed by atoms with Crippen molar-refractivity contribution in [3.63, 3.8) is 0 Å². The van der Waals surface area contributed by atoms with Gasteiger partial charge in [-0.1, -0.05) is 32.9 Å². The zero-order valence-electron chi connectivity index (χ0n) is 17.1. The molecule has 0 unspecified atom stereocenters. The van der Waals surface area contributed by atoms with Crippen molar-refractivity contribution in [3.05, 3.63) is 29.8 Å². The van der Waals surface area contributed by atoms with Crippen LogP contribution in [-0.2, 0) is 11.2 Å². The van der Waals surface area contributed by atoms with Crippen LogP contribution in [0, 0.1) is 10.8 Å². The van der Waals surface area contributed by atoms with E-state index in [1.807, 2.05) is 17.0 Å². The average molecular weight is 396 g/mol. The second kappa shape index (κ2) is 7.60. The Morgan fingerprint density at radius 1 is 1.00 bits per heavy atom. The molecule has 1 aromatic carbocycles. The molecule has 2 aliphatic heterocycles. The van der Waals surface area contributed by atoms with E-state index >= 15 is 0 Å². The Hall–Kier alpha value is -1.72. The minimum atomic E-state index is -4.17. The fourth-order valence-electron chi connectivity index (χ4n) is 4.42. The number of carbonyl (C=O) groups is 1. The lowest BCUT2D eigenvalue weighted by atomic mass is 9.77. The number of carbonyl (C=O) groups excluding carboxylic acids is 1. The van der Waals surface area contributed by atoms with Crippen LogP contribution in [0.15, 0.2) is 24.3 Å². The summed E-state index contributed by atoms with van der Waals surface area (Å²) in [4.78, 5) is 16.8. The van der Waals surface area contributed by atoms with Crippen LogP contribution in [0.2, 0.25) is 0 Å². The van der Waals surface area contributed by atoms with Crippen LogP contribution < -0.4 is 4.90 Å². The number of hydrogen-bond acceptors (Lipinski definition) is 2. The molecule has 2 saturated heterocycles. The number of rotatable bonds is 3. The molecule has 0 radical (unpaired) electrons. The first-order valence-corrected chi connectivity index (χ1v) is 10.1. The maximum absolute atomic E-state index is 12.5. The SMILES string of the molecule is CC(C)(C)CC(=O)N1CCC2(CC1)CCN(c1ccc(CC(F)(F)F)cc1)C2. The van der Waals surface area contributed by atoms with Gasteiger partial charge in [-0.25, -0.2) is 0 Å². The molecule has 0 atom stereocenters. The first-order valence-electron chi connectivity index (χ1n) is 10.1. The van der Waals surface area contributed by atoms with Gasteiger partial charge in [0.1, 0.15) is 0 Å². The molecule has 0 saturated carbocycles. The van der Waals surface area contributed by atoms with E-state index in [1.165, 1.54) is 0 Å². The van der Waals surface area contributed by atoms with Crippen molar-refractivity contribution in [2.75, 3.05) is 31.1 Å². The summed E-state index contributed by atoms with van der Waals surface area (Å²) in [5, 5.41) is 0. The molecule has 0 aliphatic carbocycles. The highest BCUT2D eigenvalue weighted by Gasteiger charge is 2.41. The standard InChI is InChI=1S/C22H31F3N2O/c1-20(2,3)15-19(28)26-11-8-21(9-12-26)10-13-27(16-21)18-6-4-17(5-7-18)14-22(23,24)25/h4-7H,8-16H2,1-3H3. The second-order valence-electron chi connectivity index (χ2n) is 9.75. The summed E-state index contributed by atoms with van der Waals surface area (Å²) in [6, 6.07) is 6.79. The van der Waals surface area contributed by atoms with Crippen LogP contribution in [0.25, 0.3) is 0 Å². The fourth-order valence-corrected chi connectivity index (χ4v) is 4.42. The smallest absolute Gasteiger partial charge is 0.371 e. The molecular formula is C22H31F3N2O. The molecular weight excluding hydrogens is 365 g/mol. The second-order valence-corrected chi connectivity index (χ2v) is 9.75. The maximum Gasteiger partial charge on any atom is 0.393 e. The lowest BCUT2D eigenvalue weighted by molar-refractivity contribution is -0.135. The number of amides is 1. The number of nitrogens with zero attached hydrogens (tertiary/aromatic N) is 2. The molecule has 1 amide bonds. The zero-order valence-corrected chi connectivity index (χ0v) is 17.1. The van der Waals surface area contributed by atoms with Gasteiger partial charge in [-0.15, -0.1) is 0 Å². The summed E-state index contributed by atoms with van der Waals surface area (Å²) in [6.45, 7) is 9.74. The lowest BCUT2D eigenvalue weighted by Gasteiger charge is -2.40. The van der Waals surface area contributed by atoms with E-state index in [0.717, 1.165) is 51.1 Å². The van der Waals surface area contributed by atoms with E-state index in [0.29, 0.717) is 12.0 Å². The molecule has 1 spiro atoms. The van der Waals surface area contributed by atoms with Crippen molar-refractivity contribution in [2.45, 2.75) is 59.1 Å². The molecule has 3 nitrogen and oxygen atoms in total. The van der Waals surface area contributed by atoms with Gasteiger partial charge in [-0.3, -0.25) is 4.79 Å². The number of likely N-dealkylation sites (tertiary alicyclic amines) is 1. The summed E-state index contributed by atoms with van der Waals surface area (Å²) in [5.74, 6) is 0.248. The topological polar surface area (TPSA) is 23.6 Å². The van der Waals surface area contributed by atoms with Gasteiger partial charge in [-0.05, 0) is 47.8 Å². The molecule has 0 bridgehead atoms. The van der Waals surface area contributed by atoms with Crippen LogP contribution >= 0.6 is 0 Å². The highest BCUT2D eigenvalue weighted by atomic mass is 19.4. The Balaban J connectivity index is 1.55. The minimum absolute atomic E-state index is 0.00858. The van der Waals surface area contributed by atoms with E-state index in [2.05, 4.69) is 25.7 Å². The number of piperidine rings is 1. The molecule has 1 aromatic rings. The third-order valence-corrected chi connectivity index (χ3v) is 6.00. The molecule has 2 heterocycles. The lowest BCUT2D eigenvalue weighted by Crippen LogP contribution is -2.45. The molecule has 6 heteroatoms. The quantitative estimate of drug-likeness (QED) is 0.714.